The maximum Gasteiger partial charge on any atom is 0.0570 e. The Morgan fingerprint density at radius 2 is 1.43 bits per heavy atom. The Hall–Kier alpha value is -1.64. The van der Waals surface area contributed by atoms with Gasteiger partial charge in [-0.15, -0.1) is 0 Å². The molecule has 1 N–H and O–H groups in total. The highest BCUT2D eigenvalue weighted by Gasteiger charge is 2.37. The molecule has 3 atom stereocenters. The van der Waals surface area contributed by atoms with Gasteiger partial charge in [0.05, 0.1) is 6.10 Å². The highest BCUT2D eigenvalue weighted by Crippen LogP contribution is 2.35. The Kier molecular flexibility index (Phi) is 4.19. The summed E-state index contributed by atoms with van der Waals surface area (Å²) < 4.78 is 0. The van der Waals surface area contributed by atoms with Crippen molar-refractivity contribution in [3.05, 3.63) is 60.2 Å². The van der Waals surface area contributed by atoms with Crippen LogP contribution in [0.4, 0.5) is 0 Å². The van der Waals surface area contributed by atoms with Gasteiger partial charge < -0.3 is 5.11 Å². The van der Waals surface area contributed by atoms with Crippen molar-refractivity contribution in [3.8, 4) is 11.1 Å². The topological polar surface area (TPSA) is 23.5 Å². The van der Waals surface area contributed by atoms with Crippen molar-refractivity contribution in [1.29, 1.82) is 0 Å². The first-order chi connectivity index (χ1) is 11.3. The molecule has 2 aromatic carbocycles. The van der Waals surface area contributed by atoms with Gasteiger partial charge in [0.2, 0.25) is 0 Å². The van der Waals surface area contributed by atoms with Gasteiger partial charge in [0, 0.05) is 18.6 Å². The van der Waals surface area contributed by atoms with Gasteiger partial charge in [-0.3, -0.25) is 4.90 Å². The molecule has 0 aliphatic carbocycles. The molecule has 0 aromatic heterocycles. The van der Waals surface area contributed by atoms with Crippen LogP contribution < -0.4 is 0 Å². The summed E-state index contributed by atoms with van der Waals surface area (Å²) in [6.07, 6.45) is 5.65. The molecule has 0 spiro atoms. The lowest BCUT2D eigenvalue weighted by Gasteiger charge is -2.47. The Balaban J connectivity index is 1.49. The molecule has 2 bridgehead atoms. The molecular formula is C21H25NO. The third-order valence-corrected chi connectivity index (χ3v) is 5.53. The number of rotatable bonds is 3. The number of hydrogen-bond acceptors (Lipinski definition) is 2. The molecule has 0 amide bonds. The molecule has 2 heteroatoms. The Labute approximate surface area is 138 Å². The fraction of sp³-hybridized carbons (Fsp3) is 0.429. The van der Waals surface area contributed by atoms with Crippen LogP contribution in [0.2, 0.25) is 0 Å². The van der Waals surface area contributed by atoms with Crippen LogP contribution >= 0.6 is 0 Å². The Bertz CT molecular complexity index is 623. The van der Waals surface area contributed by atoms with Gasteiger partial charge in [0.25, 0.3) is 0 Å². The van der Waals surface area contributed by atoms with E-state index in [9.17, 15) is 5.11 Å². The van der Waals surface area contributed by atoms with Crippen LogP contribution in [0, 0.1) is 0 Å². The quantitative estimate of drug-likeness (QED) is 0.917. The van der Waals surface area contributed by atoms with Crippen LogP contribution in [0.1, 0.15) is 37.7 Å². The molecular weight excluding hydrogens is 282 g/mol. The van der Waals surface area contributed by atoms with E-state index < -0.39 is 0 Å². The molecule has 0 radical (unpaired) electrons. The molecule has 2 saturated heterocycles. The molecule has 2 heterocycles. The average molecular weight is 307 g/mol. The van der Waals surface area contributed by atoms with Crippen molar-refractivity contribution >= 4 is 0 Å². The zero-order valence-corrected chi connectivity index (χ0v) is 13.6. The smallest absolute Gasteiger partial charge is 0.0570 e. The second-order valence-corrected chi connectivity index (χ2v) is 7.10. The van der Waals surface area contributed by atoms with E-state index in [2.05, 4.69) is 59.5 Å². The summed E-state index contributed by atoms with van der Waals surface area (Å²) in [7, 11) is 0. The predicted molar refractivity (Wildman–Crippen MR) is 94.1 cm³/mol. The zero-order chi connectivity index (χ0) is 15.6. The van der Waals surface area contributed by atoms with Crippen molar-refractivity contribution in [2.24, 2.45) is 0 Å². The van der Waals surface area contributed by atoms with Crippen LogP contribution in [0.15, 0.2) is 54.6 Å². The van der Waals surface area contributed by atoms with E-state index in [1.54, 1.807) is 0 Å². The average Bonchev–Trinajstić information content (AvgIpc) is 2.57. The van der Waals surface area contributed by atoms with Crippen molar-refractivity contribution in [3.63, 3.8) is 0 Å². The van der Waals surface area contributed by atoms with Crippen LogP contribution in [0.5, 0.6) is 0 Å². The largest absolute Gasteiger partial charge is 0.393 e. The Morgan fingerprint density at radius 3 is 2.09 bits per heavy atom. The molecule has 23 heavy (non-hydrogen) atoms. The summed E-state index contributed by atoms with van der Waals surface area (Å²) >= 11 is 0. The number of aliphatic hydroxyl groups is 1. The number of nitrogens with zero attached hydrogens (tertiary/aromatic N) is 1. The lowest BCUT2D eigenvalue weighted by atomic mass is 9.82. The fourth-order valence-corrected chi connectivity index (χ4v) is 4.35. The number of hydrogen-bond donors (Lipinski definition) is 1. The van der Waals surface area contributed by atoms with Crippen LogP contribution in [-0.4, -0.2) is 28.2 Å². The van der Waals surface area contributed by atoms with Gasteiger partial charge in [0.15, 0.2) is 0 Å². The van der Waals surface area contributed by atoms with Crippen LogP contribution in [0.3, 0.4) is 0 Å². The number of piperidine rings is 2. The van der Waals surface area contributed by atoms with Gasteiger partial charge in [0.1, 0.15) is 0 Å². The number of benzene rings is 2. The molecule has 2 aromatic rings. The maximum absolute atomic E-state index is 10.0. The lowest BCUT2D eigenvalue weighted by Crippen LogP contribution is -2.52. The normalized spacial score (nSPS) is 27.8. The van der Waals surface area contributed by atoms with E-state index >= 15 is 0 Å². The SMILES string of the molecule is OC1C[C@H]2CCC[C@@H](C1)N2Cc1ccc(-c2ccccc2)cc1. The van der Waals surface area contributed by atoms with E-state index in [0.29, 0.717) is 12.1 Å². The summed E-state index contributed by atoms with van der Waals surface area (Å²) in [6.45, 7) is 1.02. The third kappa shape index (κ3) is 3.19. The first kappa shape index (κ1) is 14.9. The van der Waals surface area contributed by atoms with Gasteiger partial charge in [-0.25, -0.2) is 0 Å². The molecule has 4 rings (SSSR count). The standard InChI is InChI=1S/C21H25NO/c23-21-13-19-7-4-8-20(14-21)22(19)15-16-9-11-18(12-10-16)17-5-2-1-3-6-17/h1-3,5-6,9-12,19-21,23H,4,7-8,13-15H2/t19-,20+,21?. The van der Waals surface area contributed by atoms with Crippen molar-refractivity contribution in [2.45, 2.75) is 56.8 Å². The summed E-state index contributed by atoms with van der Waals surface area (Å²) in [5, 5.41) is 10.0. The summed E-state index contributed by atoms with van der Waals surface area (Å²) in [4.78, 5) is 2.65. The minimum atomic E-state index is -0.0815. The van der Waals surface area contributed by atoms with E-state index in [4.69, 9.17) is 0 Å². The molecule has 2 aliphatic heterocycles. The lowest BCUT2D eigenvalue weighted by molar-refractivity contribution is -0.0312. The minimum absolute atomic E-state index is 0.0815. The second kappa shape index (κ2) is 6.46. The van der Waals surface area contributed by atoms with E-state index in [0.717, 1.165) is 19.4 Å². The zero-order valence-electron chi connectivity index (χ0n) is 13.6. The Morgan fingerprint density at radius 1 is 0.826 bits per heavy atom. The first-order valence-electron chi connectivity index (χ1n) is 8.88. The van der Waals surface area contributed by atoms with Gasteiger partial charge >= 0.3 is 0 Å². The molecule has 0 saturated carbocycles. The van der Waals surface area contributed by atoms with E-state index in [1.807, 2.05) is 0 Å². The third-order valence-electron chi connectivity index (χ3n) is 5.53. The molecule has 1 unspecified atom stereocenters. The number of fused-ring (bicyclic) bond motifs is 2. The van der Waals surface area contributed by atoms with Crippen molar-refractivity contribution < 1.29 is 5.11 Å². The summed E-state index contributed by atoms with van der Waals surface area (Å²) in [5.74, 6) is 0. The van der Waals surface area contributed by atoms with Crippen LogP contribution in [0.25, 0.3) is 11.1 Å². The van der Waals surface area contributed by atoms with Crippen LogP contribution in [-0.2, 0) is 6.54 Å². The van der Waals surface area contributed by atoms with Crippen molar-refractivity contribution in [2.75, 3.05) is 0 Å². The van der Waals surface area contributed by atoms with Gasteiger partial charge in [-0.2, -0.15) is 0 Å². The first-order valence-corrected chi connectivity index (χ1v) is 8.88. The minimum Gasteiger partial charge on any atom is -0.393 e. The number of aliphatic hydroxyl groups excluding tert-OH is 1. The molecule has 120 valence electrons. The molecule has 2 nitrogen and oxygen atoms in total. The van der Waals surface area contributed by atoms with Crippen molar-refractivity contribution in [1.82, 2.24) is 4.90 Å². The highest BCUT2D eigenvalue weighted by atomic mass is 16.3. The van der Waals surface area contributed by atoms with E-state index in [-0.39, 0.29) is 6.10 Å². The second-order valence-electron chi connectivity index (χ2n) is 7.10. The fourth-order valence-electron chi connectivity index (χ4n) is 4.35. The summed E-state index contributed by atoms with van der Waals surface area (Å²) in [6, 6.07) is 20.7. The molecule has 2 fully saturated rings. The highest BCUT2D eigenvalue weighted by molar-refractivity contribution is 5.63. The predicted octanol–water partition coefficient (Wildman–Crippen LogP) is 4.23. The van der Waals surface area contributed by atoms with Gasteiger partial charge in [-0.1, -0.05) is 61.0 Å². The maximum atomic E-state index is 10.0. The molecule has 2 aliphatic rings. The van der Waals surface area contributed by atoms with Gasteiger partial charge in [-0.05, 0) is 42.4 Å². The monoisotopic (exact) mass is 307 g/mol. The van der Waals surface area contributed by atoms with E-state index in [1.165, 1.54) is 36.0 Å². The summed E-state index contributed by atoms with van der Waals surface area (Å²) in [5.41, 5.74) is 3.94.